The number of anilines is 1. The lowest BCUT2D eigenvalue weighted by Gasteiger charge is -2.29. The van der Waals surface area contributed by atoms with Crippen LogP contribution >= 0.6 is 0 Å². The summed E-state index contributed by atoms with van der Waals surface area (Å²) in [4.78, 5) is 7.26. The molecule has 4 heterocycles. The van der Waals surface area contributed by atoms with Crippen molar-refractivity contribution in [3.8, 4) is 5.82 Å². The predicted molar refractivity (Wildman–Crippen MR) is 115 cm³/mol. The minimum Gasteiger partial charge on any atom is -0.383 e. The number of aryl methyl sites for hydroxylation is 1. The first kappa shape index (κ1) is 18.2. The molecule has 1 N–H and O–H groups in total. The van der Waals surface area contributed by atoms with Gasteiger partial charge in [-0.15, -0.1) is 0 Å². The fourth-order valence-electron chi connectivity index (χ4n) is 4.16. The van der Waals surface area contributed by atoms with Crippen LogP contribution in [0.3, 0.4) is 0 Å². The monoisotopic (exact) mass is 391 g/mol. The number of nitrogens with zero attached hydrogens (tertiary/aromatic N) is 6. The van der Waals surface area contributed by atoms with Crippen LogP contribution < -0.4 is 10.2 Å². The number of fused-ring (bicyclic) bond motifs is 1. The van der Waals surface area contributed by atoms with E-state index in [-0.39, 0.29) is 0 Å². The Morgan fingerprint density at radius 2 is 1.97 bits per heavy atom. The van der Waals surface area contributed by atoms with Crippen LogP contribution in [0.5, 0.6) is 0 Å². The van der Waals surface area contributed by atoms with Crippen LogP contribution in [0.1, 0.15) is 49.9 Å². The largest absolute Gasteiger partial charge is 0.383 e. The molecule has 0 bridgehead atoms. The summed E-state index contributed by atoms with van der Waals surface area (Å²) in [7, 11) is 0. The van der Waals surface area contributed by atoms with E-state index in [9.17, 15) is 0 Å². The van der Waals surface area contributed by atoms with Crippen LogP contribution in [0.25, 0.3) is 17.2 Å². The first-order valence-electron chi connectivity index (χ1n) is 10.8. The van der Waals surface area contributed by atoms with Gasteiger partial charge in [0.1, 0.15) is 11.5 Å². The summed E-state index contributed by atoms with van der Waals surface area (Å²) in [5, 5.41) is 12.9. The molecule has 0 amide bonds. The first-order valence-corrected chi connectivity index (χ1v) is 10.8. The van der Waals surface area contributed by atoms with Gasteiger partial charge in [-0.05, 0) is 51.0 Å². The molecule has 1 aliphatic heterocycles. The minimum atomic E-state index is 0.778. The number of aromatic nitrogens is 5. The molecule has 1 saturated carbocycles. The highest BCUT2D eigenvalue weighted by Gasteiger charge is 2.20. The fourth-order valence-corrected chi connectivity index (χ4v) is 4.16. The Hall–Kier alpha value is -2.83. The molecule has 5 rings (SSSR count). The third kappa shape index (κ3) is 3.61. The second-order valence-electron chi connectivity index (χ2n) is 8.38. The van der Waals surface area contributed by atoms with E-state index in [4.69, 9.17) is 10.1 Å². The number of rotatable bonds is 6. The van der Waals surface area contributed by atoms with Crippen molar-refractivity contribution in [3.05, 3.63) is 42.4 Å². The van der Waals surface area contributed by atoms with E-state index in [0.717, 1.165) is 59.9 Å². The highest BCUT2D eigenvalue weighted by atomic mass is 15.4. The Balaban J connectivity index is 1.51. The van der Waals surface area contributed by atoms with Crippen molar-refractivity contribution in [3.63, 3.8) is 0 Å². The molecule has 3 aromatic heterocycles. The SMILES string of the molecule is C=C(NCC1CCC1)c1cc2nc(-n3ccc(C)n3)cc(N3CCCCC3)n2n1. The second-order valence-corrected chi connectivity index (χ2v) is 8.38. The van der Waals surface area contributed by atoms with Gasteiger partial charge in [-0.25, -0.2) is 9.67 Å². The van der Waals surface area contributed by atoms with E-state index in [1.807, 2.05) is 34.5 Å². The zero-order valence-corrected chi connectivity index (χ0v) is 17.1. The van der Waals surface area contributed by atoms with Crippen LogP contribution in [0.2, 0.25) is 0 Å². The van der Waals surface area contributed by atoms with Gasteiger partial charge in [-0.1, -0.05) is 13.0 Å². The number of piperidine rings is 1. The predicted octanol–water partition coefficient (Wildman–Crippen LogP) is 3.57. The lowest BCUT2D eigenvalue weighted by atomic mass is 9.85. The highest BCUT2D eigenvalue weighted by molar-refractivity contribution is 5.65. The summed E-state index contributed by atoms with van der Waals surface area (Å²) < 4.78 is 3.82. The molecule has 1 saturated heterocycles. The fraction of sp³-hybridized carbons (Fsp3) is 0.500. The average molecular weight is 392 g/mol. The van der Waals surface area contributed by atoms with Gasteiger partial charge < -0.3 is 10.2 Å². The van der Waals surface area contributed by atoms with E-state index >= 15 is 0 Å². The van der Waals surface area contributed by atoms with Crippen LogP contribution in [-0.2, 0) is 0 Å². The van der Waals surface area contributed by atoms with E-state index in [1.165, 1.54) is 38.5 Å². The molecule has 0 unspecified atom stereocenters. The Kier molecular flexibility index (Phi) is 4.73. The summed E-state index contributed by atoms with van der Waals surface area (Å²) in [6.07, 6.45) is 9.67. The topological polar surface area (TPSA) is 63.3 Å². The summed E-state index contributed by atoms with van der Waals surface area (Å²) in [5.74, 6) is 2.68. The van der Waals surface area contributed by atoms with Gasteiger partial charge in [0.25, 0.3) is 0 Å². The molecular weight excluding hydrogens is 362 g/mol. The van der Waals surface area contributed by atoms with Gasteiger partial charge in [0.15, 0.2) is 11.5 Å². The van der Waals surface area contributed by atoms with Crippen molar-refractivity contribution >= 4 is 17.2 Å². The van der Waals surface area contributed by atoms with Gasteiger partial charge in [-0.2, -0.15) is 14.7 Å². The smallest absolute Gasteiger partial charge is 0.160 e. The summed E-state index contributed by atoms with van der Waals surface area (Å²) >= 11 is 0. The first-order chi connectivity index (χ1) is 14.2. The Morgan fingerprint density at radius 1 is 1.14 bits per heavy atom. The van der Waals surface area contributed by atoms with Gasteiger partial charge >= 0.3 is 0 Å². The van der Waals surface area contributed by atoms with Gasteiger partial charge in [-0.3, -0.25) is 0 Å². The quantitative estimate of drug-likeness (QED) is 0.696. The van der Waals surface area contributed by atoms with Crippen LogP contribution in [0, 0.1) is 12.8 Å². The Bertz CT molecular complexity index is 1020. The number of hydrogen-bond acceptors (Lipinski definition) is 5. The zero-order chi connectivity index (χ0) is 19.8. The summed E-state index contributed by atoms with van der Waals surface area (Å²) in [6, 6.07) is 6.13. The van der Waals surface area contributed by atoms with Gasteiger partial charge in [0.2, 0.25) is 0 Å². The highest BCUT2D eigenvalue weighted by Crippen LogP contribution is 2.27. The van der Waals surface area contributed by atoms with Crippen molar-refractivity contribution < 1.29 is 0 Å². The maximum atomic E-state index is 4.87. The lowest BCUT2D eigenvalue weighted by molar-refractivity contribution is 0.314. The standard InChI is InChI=1S/C22H29N7/c1-16-9-12-28(25-16)20-14-22(27-10-4-3-5-11-27)29-21(24-20)13-19(26-29)17(2)23-15-18-7-6-8-18/h9,12-14,18,23H,2-8,10-11,15H2,1H3. The zero-order valence-electron chi connectivity index (χ0n) is 17.1. The summed E-state index contributed by atoms with van der Waals surface area (Å²) in [6.45, 7) is 9.31. The molecule has 1 aliphatic carbocycles. The van der Waals surface area contributed by atoms with Crippen molar-refractivity contribution in [2.45, 2.75) is 45.4 Å². The maximum absolute atomic E-state index is 4.87. The lowest BCUT2D eigenvalue weighted by Crippen LogP contribution is -2.31. The van der Waals surface area contributed by atoms with E-state index in [0.29, 0.717) is 0 Å². The Labute approximate surface area is 171 Å². The van der Waals surface area contributed by atoms with E-state index in [1.54, 1.807) is 0 Å². The van der Waals surface area contributed by atoms with Gasteiger partial charge in [0, 0.05) is 38.0 Å². The van der Waals surface area contributed by atoms with E-state index < -0.39 is 0 Å². The third-order valence-electron chi connectivity index (χ3n) is 6.17. The second kappa shape index (κ2) is 7.54. The third-order valence-corrected chi connectivity index (χ3v) is 6.17. The maximum Gasteiger partial charge on any atom is 0.160 e. The molecular formula is C22H29N7. The van der Waals surface area contributed by atoms with Crippen molar-refractivity contribution in [1.29, 1.82) is 0 Å². The van der Waals surface area contributed by atoms with Crippen molar-refractivity contribution in [2.75, 3.05) is 24.5 Å². The Morgan fingerprint density at radius 3 is 2.66 bits per heavy atom. The molecule has 3 aromatic rings. The van der Waals surface area contributed by atoms with Crippen LogP contribution in [-0.4, -0.2) is 44.0 Å². The van der Waals surface area contributed by atoms with Crippen LogP contribution in [0.15, 0.2) is 31.0 Å². The van der Waals surface area contributed by atoms with Crippen molar-refractivity contribution in [1.82, 2.24) is 29.7 Å². The molecule has 2 fully saturated rings. The average Bonchev–Trinajstić information content (AvgIpc) is 3.32. The van der Waals surface area contributed by atoms with E-state index in [2.05, 4.69) is 28.0 Å². The minimum absolute atomic E-state index is 0.778. The molecule has 29 heavy (non-hydrogen) atoms. The summed E-state index contributed by atoms with van der Waals surface area (Å²) in [5.41, 5.74) is 3.55. The molecule has 152 valence electrons. The molecule has 2 aliphatic rings. The number of hydrogen-bond donors (Lipinski definition) is 1. The molecule has 0 spiro atoms. The molecule has 0 radical (unpaired) electrons. The normalized spacial score (nSPS) is 17.5. The van der Waals surface area contributed by atoms with Gasteiger partial charge in [0.05, 0.1) is 11.4 Å². The molecule has 0 aromatic carbocycles. The molecule has 0 atom stereocenters. The van der Waals surface area contributed by atoms with Crippen molar-refractivity contribution in [2.24, 2.45) is 5.92 Å². The molecule has 7 heteroatoms. The molecule has 7 nitrogen and oxygen atoms in total. The van der Waals surface area contributed by atoms with Crippen LogP contribution in [0.4, 0.5) is 5.82 Å². The number of nitrogens with one attached hydrogen (secondary N) is 1.